The summed E-state index contributed by atoms with van der Waals surface area (Å²) in [6, 6.07) is 0.510. The van der Waals surface area contributed by atoms with E-state index in [-0.39, 0.29) is 24.0 Å². The first-order valence-electron chi connectivity index (χ1n) is 8.46. The second-order valence-corrected chi connectivity index (χ2v) is 7.44. The van der Waals surface area contributed by atoms with Crippen molar-refractivity contribution in [1.82, 2.24) is 20.5 Å². The Morgan fingerprint density at radius 1 is 1.21 bits per heavy atom. The Balaban J connectivity index is 0.00000529. The first-order valence-corrected chi connectivity index (χ1v) is 9.28. The van der Waals surface area contributed by atoms with E-state index in [0.717, 1.165) is 29.8 Å². The Morgan fingerprint density at radius 2 is 1.83 bits per heavy atom. The lowest BCUT2D eigenvalue weighted by atomic mass is 9.93. The lowest BCUT2D eigenvalue weighted by molar-refractivity contribution is 0.200. The van der Waals surface area contributed by atoms with E-state index in [1.54, 1.807) is 11.3 Å². The molecule has 0 bridgehead atoms. The second kappa shape index (κ2) is 12.0. The van der Waals surface area contributed by atoms with Crippen molar-refractivity contribution >= 4 is 41.3 Å². The van der Waals surface area contributed by atoms with Crippen molar-refractivity contribution in [3.8, 4) is 0 Å². The standard InChI is InChI=1S/C17H33N5S.HI/c1-8-14(9-2)15(22(6)7)10-19-17(18-5)20-11-16-12(3)21-13(4)23-16;/h14-15H,8-11H2,1-7H3,(H2,18,19,20);1H. The van der Waals surface area contributed by atoms with Crippen LogP contribution in [0.15, 0.2) is 4.99 Å². The van der Waals surface area contributed by atoms with Gasteiger partial charge >= 0.3 is 0 Å². The third kappa shape index (κ3) is 7.23. The topological polar surface area (TPSA) is 52.6 Å². The zero-order chi connectivity index (χ0) is 17.4. The van der Waals surface area contributed by atoms with Crippen molar-refractivity contribution in [3.63, 3.8) is 0 Å². The molecule has 0 spiro atoms. The molecule has 7 heteroatoms. The average Bonchev–Trinajstić information content (AvgIpc) is 2.83. The number of halogens is 1. The van der Waals surface area contributed by atoms with Gasteiger partial charge in [0.15, 0.2) is 5.96 Å². The Labute approximate surface area is 168 Å². The minimum absolute atomic E-state index is 0. The van der Waals surface area contributed by atoms with Gasteiger partial charge in [0.1, 0.15) is 0 Å². The van der Waals surface area contributed by atoms with E-state index in [9.17, 15) is 0 Å². The number of likely N-dealkylation sites (N-methyl/N-ethyl adjacent to an activating group) is 1. The number of nitrogens with one attached hydrogen (secondary N) is 2. The van der Waals surface area contributed by atoms with E-state index in [4.69, 9.17) is 0 Å². The summed E-state index contributed by atoms with van der Waals surface area (Å²) in [6.07, 6.45) is 2.40. The van der Waals surface area contributed by atoms with E-state index in [1.807, 2.05) is 14.0 Å². The van der Waals surface area contributed by atoms with Gasteiger partial charge in [0.2, 0.25) is 0 Å². The fourth-order valence-electron chi connectivity index (χ4n) is 2.93. The van der Waals surface area contributed by atoms with E-state index in [0.29, 0.717) is 12.0 Å². The highest BCUT2D eigenvalue weighted by molar-refractivity contribution is 14.0. The molecular weight excluding hydrogens is 433 g/mol. The summed E-state index contributed by atoms with van der Waals surface area (Å²) in [6.45, 7) is 10.3. The van der Waals surface area contributed by atoms with Crippen molar-refractivity contribution in [1.29, 1.82) is 0 Å². The quantitative estimate of drug-likeness (QED) is 0.350. The van der Waals surface area contributed by atoms with Crippen LogP contribution in [0.25, 0.3) is 0 Å². The van der Waals surface area contributed by atoms with Gasteiger partial charge in [0.25, 0.3) is 0 Å². The molecule has 0 aliphatic carbocycles. The maximum absolute atomic E-state index is 4.47. The minimum Gasteiger partial charge on any atom is -0.355 e. The molecule has 0 aliphatic rings. The molecule has 24 heavy (non-hydrogen) atoms. The maximum atomic E-state index is 4.47. The first-order chi connectivity index (χ1) is 10.9. The SMILES string of the molecule is CCC(CC)C(CNC(=NC)NCc1sc(C)nc1C)N(C)C.I. The Kier molecular flexibility index (Phi) is 11.8. The molecule has 0 amide bonds. The molecule has 1 aromatic rings. The number of thiazole rings is 1. The second-order valence-electron chi connectivity index (χ2n) is 6.16. The molecule has 140 valence electrons. The molecule has 1 unspecified atom stereocenters. The molecule has 0 radical (unpaired) electrons. The molecule has 0 aromatic carbocycles. The lowest BCUT2D eigenvalue weighted by Crippen LogP contribution is -2.47. The number of hydrogen-bond acceptors (Lipinski definition) is 4. The number of hydrogen-bond donors (Lipinski definition) is 2. The molecular formula is C17H34IN5S. The van der Waals surface area contributed by atoms with E-state index in [1.165, 1.54) is 17.7 Å². The van der Waals surface area contributed by atoms with Crippen LogP contribution in [0.4, 0.5) is 0 Å². The summed E-state index contributed by atoms with van der Waals surface area (Å²) in [4.78, 5) is 12.4. The van der Waals surface area contributed by atoms with E-state index in [2.05, 4.69) is 60.4 Å². The number of rotatable bonds is 8. The predicted molar refractivity (Wildman–Crippen MR) is 117 cm³/mol. The van der Waals surface area contributed by atoms with Crippen LogP contribution in [-0.4, -0.2) is 49.6 Å². The molecule has 0 saturated carbocycles. The average molecular weight is 467 g/mol. The van der Waals surface area contributed by atoms with Crippen LogP contribution in [0.5, 0.6) is 0 Å². The van der Waals surface area contributed by atoms with Gasteiger partial charge in [-0.1, -0.05) is 26.7 Å². The normalized spacial score (nSPS) is 13.1. The largest absolute Gasteiger partial charge is 0.355 e. The summed E-state index contributed by atoms with van der Waals surface area (Å²) in [5.41, 5.74) is 1.11. The number of aromatic nitrogens is 1. The maximum Gasteiger partial charge on any atom is 0.191 e. The fraction of sp³-hybridized carbons (Fsp3) is 0.765. The highest BCUT2D eigenvalue weighted by Gasteiger charge is 2.20. The molecule has 5 nitrogen and oxygen atoms in total. The molecule has 2 N–H and O–H groups in total. The van der Waals surface area contributed by atoms with Gasteiger partial charge < -0.3 is 15.5 Å². The highest BCUT2D eigenvalue weighted by Crippen LogP contribution is 2.17. The summed E-state index contributed by atoms with van der Waals surface area (Å²) < 4.78 is 0. The third-order valence-electron chi connectivity index (χ3n) is 4.37. The van der Waals surface area contributed by atoms with Crippen molar-refractivity contribution in [2.45, 2.75) is 53.1 Å². The van der Waals surface area contributed by atoms with Gasteiger partial charge in [-0.05, 0) is 33.9 Å². The Hall–Kier alpha value is -0.410. The van der Waals surface area contributed by atoms with Crippen LogP contribution in [0.1, 0.15) is 42.3 Å². The molecule has 1 heterocycles. The number of aliphatic imine (C=N–C) groups is 1. The summed E-state index contributed by atoms with van der Waals surface area (Å²) in [5, 5.41) is 7.99. The Morgan fingerprint density at radius 3 is 2.25 bits per heavy atom. The Bertz CT molecular complexity index is 497. The van der Waals surface area contributed by atoms with Gasteiger partial charge in [-0.3, -0.25) is 4.99 Å². The number of nitrogens with zero attached hydrogens (tertiary/aromatic N) is 3. The molecule has 1 atom stereocenters. The van der Waals surface area contributed by atoms with Crippen LogP contribution in [-0.2, 0) is 6.54 Å². The number of aryl methyl sites for hydroxylation is 2. The number of guanidine groups is 1. The zero-order valence-corrected chi connectivity index (χ0v) is 19.3. The fourth-order valence-corrected chi connectivity index (χ4v) is 3.80. The monoisotopic (exact) mass is 467 g/mol. The predicted octanol–water partition coefficient (Wildman–Crippen LogP) is 3.41. The van der Waals surface area contributed by atoms with Gasteiger partial charge in [-0.25, -0.2) is 4.98 Å². The summed E-state index contributed by atoms with van der Waals surface area (Å²) in [5.74, 6) is 1.55. The molecule has 0 aliphatic heterocycles. The zero-order valence-electron chi connectivity index (χ0n) is 16.1. The third-order valence-corrected chi connectivity index (χ3v) is 5.45. The van der Waals surface area contributed by atoms with Crippen LogP contribution < -0.4 is 10.6 Å². The first kappa shape index (κ1) is 23.6. The molecule has 0 fully saturated rings. The van der Waals surface area contributed by atoms with Crippen molar-refractivity contribution in [3.05, 3.63) is 15.6 Å². The summed E-state index contributed by atoms with van der Waals surface area (Å²) >= 11 is 1.74. The van der Waals surface area contributed by atoms with Crippen LogP contribution >= 0.6 is 35.3 Å². The molecule has 1 rings (SSSR count). The molecule has 1 aromatic heterocycles. The van der Waals surface area contributed by atoms with E-state index < -0.39 is 0 Å². The lowest BCUT2D eigenvalue weighted by Gasteiger charge is -2.32. The van der Waals surface area contributed by atoms with Crippen molar-refractivity contribution in [2.75, 3.05) is 27.7 Å². The summed E-state index contributed by atoms with van der Waals surface area (Å²) in [7, 11) is 6.14. The van der Waals surface area contributed by atoms with E-state index >= 15 is 0 Å². The van der Waals surface area contributed by atoms with Crippen molar-refractivity contribution in [2.24, 2.45) is 10.9 Å². The van der Waals surface area contributed by atoms with Gasteiger partial charge in [0, 0.05) is 24.5 Å². The minimum atomic E-state index is 0. The van der Waals surface area contributed by atoms with Gasteiger partial charge in [-0.2, -0.15) is 0 Å². The van der Waals surface area contributed by atoms with Gasteiger partial charge in [-0.15, -0.1) is 35.3 Å². The van der Waals surface area contributed by atoms with Crippen LogP contribution in [0, 0.1) is 19.8 Å². The van der Waals surface area contributed by atoms with Crippen LogP contribution in [0.3, 0.4) is 0 Å². The van der Waals surface area contributed by atoms with Crippen molar-refractivity contribution < 1.29 is 0 Å². The van der Waals surface area contributed by atoms with Crippen LogP contribution in [0.2, 0.25) is 0 Å². The van der Waals surface area contributed by atoms with Gasteiger partial charge in [0.05, 0.1) is 17.2 Å². The smallest absolute Gasteiger partial charge is 0.191 e. The highest BCUT2D eigenvalue weighted by atomic mass is 127. The molecule has 0 saturated heterocycles.